The summed E-state index contributed by atoms with van der Waals surface area (Å²) < 4.78 is 40.4. The maximum atomic E-state index is 12.6. The predicted octanol–water partition coefficient (Wildman–Crippen LogP) is 1.47. The molecule has 0 radical (unpaired) electrons. The van der Waals surface area contributed by atoms with E-state index >= 15 is 0 Å². The fourth-order valence-corrected chi connectivity index (χ4v) is 2.21. The first kappa shape index (κ1) is 16.9. The second kappa shape index (κ2) is 6.49. The third kappa shape index (κ3) is 3.75. The molecule has 132 valence electrons. The molecule has 1 N–H and O–H groups in total. The lowest BCUT2D eigenvalue weighted by Gasteiger charge is -2.05. The van der Waals surface area contributed by atoms with E-state index in [1.807, 2.05) is 0 Å². The Morgan fingerprint density at radius 1 is 1.32 bits per heavy atom. The Morgan fingerprint density at radius 2 is 2.12 bits per heavy atom. The summed E-state index contributed by atoms with van der Waals surface area (Å²) in [4.78, 5) is 19.9. The van der Waals surface area contributed by atoms with Gasteiger partial charge < -0.3 is 5.32 Å². The third-order valence-electron chi connectivity index (χ3n) is 3.42. The molecule has 25 heavy (non-hydrogen) atoms. The number of aromatic nitrogens is 6. The number of alkyl halides is 3. The van der Waals surface area contributed by atoms with Crippen molar-refractivity contribution >= 4 is 11.7 Å². The van der Waals surface area contributed by atoms with Gasteiger partial charge in [-0.1, -0.05) is 0 Å². The molecule has 0 aliphatic carbocycles. The highest BCUT2D eigenvalue weighted by Crippen LogP contribution is 2.28. The van der Waals surface area contributed by atoms with Crippen LogP contribution in [0, 0.1) is 6.92 Å². The van der Waals surface area contributed by atoms with Gasteiger partial charge in [-0.05, 0) is 25.5 Å². The van der Waals surface area contributed by atoms with Crippen molar-refractivity contribution in [3.05, 3.63) is 41.7 Å². The second-order valence-electron chi connectivity index (χ2n) is 5.30. The number of rotatable bonds is 5. The van der Waals surface area contributed by atoms with Crippen molar-refractivity contribution in [3.63, 3.8) is 0 Å². The van der Waals surface area contributed by atoms with E-state index in [0.717, 1.165) is 6.07 Å². The number of nitrogens with one attached hydrogen (secondary N) is 1. The summed E-state index contributed by atoms with van der Waals surface area (Å²) in [5, 5.41) is 10.1. The van der Waals surface area contributed by atoms with Crippen LogP contribution in [-0.2, 0) is 12.7 Å². The van der Waals surface area contributed by atoms with E-state index < -0.39 is 17.8 Å². The minimum atomic E-state index is -4.47. The summed E-state index contributed by atoms with van der Waals surface area (Å²) in [6.07, 6.45) is -0.900. The van der Waals surface area contributed by atoms with Crippen LogP contribution >= 0.6 is 0 Å². The summed E-state index contributed by atoms with van der Waals surface area (Å²) in [6.45, 7) is 2.05. The fourth-order valence-electron chi connectivity index (χ4n) is 2.21. The molecule has 0 spiro atoms. The van der Waals surface area contributed by atoms with E-state index in [0.29, 0.717) is 17.9 Å². The van der Waals surface area contributed by atoms with E-state index in [1.165, 1.54) is 15.4 Å². The number of hydrogen-bond acceptors (Lipinski definition) is 5. The average Bonchev–Trinajstić information content (AvgIpc) is 3.14. The first-order valence-electron chi connectivity index (χ1n) is 7.42. The van der Waals surface area contributed by atoms with Gasteiger partial charge in [-0.2, -0.15) is 23.3 Å². The van der Waals surface area contributed by atoms with Gasteiger partial charge in [0.25, 0.3) is 11.7 Å². The van der Waals surface area contributed by atoms with Crippen LogP contribution in [0.1, 0.15) is 28.4 Å². The normalized spacial score (nSPS) is 11.8. The lowest BCUT2D eigenvalue weighted by atomic mass is 10.3. The Kier molecular flexibility index (Phi) is 4.38. The highest BCUT2D eigenvalue weighted by atomic mass is 19.4. The number of carbonyl (C=O) groups is 1. The molecular weight excluding hydrogens is 339 g/mol. The van der Waals surface area contributed by atoms with E-state index in [-0.39, 0.29) is 18.9 Å². The number of hydrogen-bond donors (Lipinski definition) is 1. The minimum absolute atomic E-state index is 0.0201. The minimum Gasteiger partial charge on any atom is -0.349 e. The lowest BCUT2D eigenvalue weighted by molar-refractivity contribution is -0.141. The summed E-state index contributed by atoms with van der Waals surface area (Å²) in [6, 6.07) is 2.65. The van der Waals surface area contributed by atoms with Crippen LogP contribution in [0.15, 0.2) is 24.5 Å². The SMILES string of the molecule is Cc1cc(C(F)(F)F)nn1CCCNC(=O)c1nc2ncccn2n1. The van der Waals surface area contributed by atoms with Gasteiger partial charge in [0.05, 0.1) is 0 Å². The standard InChI is InChI=1S/C14H14F3N7O/c1-9-8-10(14(15,16)17)21-23(9)6-2-4-18-12(25)11-20-13-19-5-3-7-24(13)22-11/h3,5,7-8H,2,4,6H2,1H3,(H,18,25). The van der Waals surface area contributed by atoms with Crippen molar-refractivity contribution in [2.75, 3.05) is 6.54 Å². The maximum Gasteiger partial charge on any atom is 0.435 e. The van der Waals surface area contributed by atoms with E-state index in [9.17, 15) is 18.0 Å². The zero-order chi connectivity index (χ0) is 18.0. The topological polar surface area (TPSA) is 90.0 Å². The van der Waals surface area contributed by atoms with Gasteiger partial charge in [0.1, 0.15) is 0 Å². The van der Waals surface area contributed by atoms with Gasteiger partial charge in [0.15, 0.2) is 5.69 Å². The van der Waals surface area contributed by atoms with Gasteiger partial charge in [-0.25, -0.2) is 9.50 Å². The van der Waals surface area contributed by atoms with Gasteiger partial charge in [-0.3, -0.25) is 9.48 Å². The number of amides is 1. The quantitative estimate of drug-likeness (QED) is 0.702. The van der Waals surface area contributed by atoms with Crippen LogP contribution < -0.4 is 5.32 Å². The van der Waals surface area contributed by atoms with Gasteiger partial charge in [-0.15, -0.1) is 5.10 Å². The van der Waals surface area contributed by atoms with Gasteiger partial charge in [0, 0.05) is 31.2 Å². The second-order valence-corrected chi connectivity index (χ2v) is 5.30. The average molecular weight is 353 g/mol. The van der Waals surface area contributed by atoms with E-state index in [4.69, 9.17) is 0 Å². The summed E-state index contributed by atoms with van der Waals surface area (Å²) in [7, 11) is 0. The lowest BCUT2D eigenvalue weighted by Crippen LogP contribution is -2.26. The van der Waals surface area contributed by atoms with Gasteiger partial charge in [0.2, 0.25) is 5.82 Å². The van der Waals surface area contributed by atoms with Crippen molar-refractivity contribution in [1.29, 1.82) is 0 Å². The Morgan fingerprint density at radius 3 is 2.80 bits per heavy atom. The third-order valence-corrected chi connectivity index (χ3v) is 3.42. The molecule has 0 aliphatic rings. The number of carbonyl (C=O) groups excluding carboxylic acids is 1. The van der Waals surface area contributed by atoms with Crippen LogP contribution in [0.3, 0.4) is 0 Å². The van der Waals surface area contributed by atoms with Crippen LogP contribution in [0.4, 0.5) is 13.2 Å². The fraction of sp³-hybridized carbons (Fsp3) is 0.357. The van der Waals surface area contributed by atoms with Crippen molar-refractivity contribution in [2.24, 2.45) is 0 Å². The monoisotopic (exact) mass is 353 g/mol. The molecule has 0 saturated carbocycles. The summed E-state index contributed by atoms with van der Waals surface area (Å²) in [5.41, 5.74) is -0.512. The number of halogens is 3. The van der Waals surface area contributed by atoms with Crippen LogP contribution in [0.5, 0.6) is 0 Å². The molecule has 0 aliphatic heterocycles. The zero-order valence-corrected chi connectivity index (χ0v) is 13.2. The molecule has 3 heterocycles. The molecule has 0 unspecified atom stereocenters. The smallest absolute Gasteiger partial charge is 0.349 e. The summed E-state index contributed by atoms with van der Waals surface area (Å²) >= 11 is 0. The Hall–Kier alpha value is -2.98. The molecule has 3 aromatic rings. The molecule has 3 aromatic heterocycles. The number of aryl methyl sites for hydroxylation is 2. The molecule has 11 heteroatoms. The largest absolute Gasteiger partial charge is 0.435 e. The van der Waals surface area contributed by atoms with Gasteiger partial charge >= 0.3 is 6.18 Å². The molecule has 0 aromatic carbocycles. The van der Waals surface area contributed by atoms with E-state index in [2.05, 4.69) is 25.5 Å². The van der Waals surface area contributed by atoms with Crippen LogP contribution in [0.25, 0.3) is 5.78 Å². The van der Waals surface area contributed by atoms with E-state index in [1.54, 1.807) is 19.2 Å². The van der Waals surface area contributed by atoms with Crippen molar-refractivity contribution in [3.8, 4) is 0 Å². The summed E-state index contributed by atoms with van der Waals surface area (Å²) in [5.74, 6) is -0.188. The Bertz CT molecular complexity index is 866. The van der Waals surface area contributed by atoms with Crippen molar-refractivity contribution in [1.82, 2.24) is 34.7 Å². The maximum absolute atomic E-state index is 12.6. The molecule has 0 fully saturated rings. The van der Waals surface area contributed by atoms with Crippen molar-refractivity contribution in [2.45, 2.75) is 26.1 Å². The molecule has 0 bridgehead atoms. The molecule has 0 atom stereocenters. The predicted molar refractivity (Wildman–Crippen MR) is 79.7 cm³/mol. The first-order valence-corrected chi connectivity index (χ1v) is 7.42. The van der Waals surface area contributed by atoms with Crippen molar-refractivity contribution < 1.29 is 18.0 Å². The molecular formula is C14H14F3N7O. The number of fused-ring (bicyclic) bond motifs is 1. The van der Waals surface area contributed by atoms with Crippen LogP contribution in [-0.4, -0.2) is 41.8 Å². The molecule has 8 nitrogen and oxygen atoms in total. The molecule has 3 rings (SSSR count). The molecule has 0 saturated heterocycles. The zero-order valence-electron chi connectivity index (χ0n) is 13.2. The Labute approximate surface area is 139 Å². The molecule has 1 amide bonds. The highest BCUT2D eigenvalue weighted by Gasteiger charge is 2.34. The Balaban J connectivity index is 1.53. The first-order chi connectivity index (χ1) is 11.8. The highest BCUT2D eigenvalue weighted by molar-refractivity contribution is 5.90. The van der Waals surface area contributed by atoms with Crippen LogP contribution in [0.2, 0.25) is 0 Å². The number of nitrogens with zero attached hydrogens (tertiary/aromatic N) is 6.